The van der Waals surface area contributed by atoms with Crippen LogP contribution in [0.1, 0.15) is 43.6 Å². The molecule has 1 aliphatic heterocycles. The molecule has 1 N–H and O–H groups in total. The minimum absolute atomic E-state index is 0.0657. The highest BCUT2D eigenvalue weighted by Crippen LogP contribution is 2.29. The maximum atomic E-state index is 13.2. The van der Waals surface area contributed by atoms with Crippen molar-refractivity contribution in [1.29, 1.82) is 0 Å². The van der Waals surface area contributed by atoms with Crippen molar-refractivity contribution in [3.8, 4) is 0 Å². The molecule has 0 unspecified atom stereocenters. The molecule has 2 aromatic carbocycles. The Labute approximate surface area is 203 Å². The van der Waals surface area contributed by atoms with Crippen LogP contribution in [0.3, 0.4) is 0 Å². The number of urea groups is 1. The maximum absolute atomic E-state index is 13.2. The number of benzene rings is 2. The van der Waals surface area contributed by atoms with Gasteiger partial charge in [-0.05, 0) is 61.2 Å². The van der Waals surface area contributed by atoms with Gasteiger partial charge in [0.2, 0.25) is 5.91 Å². The molecule has 8 heteroatoms. The first kappa shape index (κ1) is 23.5. The van der Waals surface area contributed by atoms with E-state index in [9.17, 15) is 9.59 Å². The van der Waals surface area contributed by atoms with Crippen LogP contribution >= 0.6 is 23.2 Å². The second-order valence-electron chi connectivity index (χ2n) is 8.41. The number of likely N-dealkylation sites (tertiary alicyclic amines) is 1. The van der Waals surface area contributed by atoms with Gasteiger partial charge >= 0.3 is 6.03 Å². The Morgan fingerprint density at radius 1 is 1.15 bits per heavy atom. The summed E-state index contributed by atoms with van der Waals surface area (Å²) in [5, 5.41) is 5.24. The van der Waals surface area contributed by atoms with Crippen molar-refractivity contribution >= 4 is 46.1 Å². The fourth-order valence-electron chi connectivity index (χ4n) is 4.28. The van der Waals surface area contributed by atoms with E-state index in [1.807, 2.05) is 37.3 Å². The molecule has 174 valence electrons. The lowest BCUT2D eigenvalue weighted by Crippen LogP contribution is -2.50. The van der Waals surface area contributed by atoms with Crippen molar-refractivity contribution in [3.63, 3.8) is 0 Å². The minimum atomic E-state index is -0.478. The van der Waals surface area contributed by atoms with E-state index in [-0.39, 0.29) is 18.0 Å². The van der Waals surface area contributed by atoms with Crippen LogP contribution < -0.4 is 5.32 Å². The highest BCUT2D eigenvalue weighted by molar-refractivity contribution is 6.31. The van der Waals surface area contributed by atoms with Gasteiger partial charge in [0.1, 0.15) is 17.4 Å². The van der Waals surface area contributed by atoms with Gasteiger partial charge in [-0.2, -0.15) is 0 Å². The number of amides is 3. The summed E-state index contributed by atoms with van der Waals surface area (Å²) in [5.74, 6) is 0.606. The number of likely N-dealkylation sites (N-methyl/N-ethyl adjacent to an activating group) is 1. The van der Waals surface area contributed by atoms with Crippen molar-refractivity contribution in [1.82, 2.24) is 15.1 Å². The van der Waals surface area contributed by atoms with Gasteiger partial charge in [-0.3, -0.25) is 4.79 Å². The van der Waals surface area contributed by atoms with Gasteiger partial charge in [-0.15, -0.1) is 0 Å². The number of carbonyl (C=O) groups is 2. The first-order chi connectivity index (χ1) is 15.9. The molecule has 0 radical (unpaired) electrons. The molecule has 0 saturated carbocycles. The number of hydrogen-bond donors (Lipinski definition) is 1. The summed E-state index contributed by atoms with van der Waals surface area (Å²) in [6.45, 7) is 2.99. The third-order valence-corrected chi connectivity index (χ3v) is 6.54. The van der Waals surface area contributed by atoms with E-state index in [0.29, 0.717) is 41.7 Å². The normalized spacial score (nSPS) is 16.7. The molecule has 1 saturated heterocycles. The van der Waals surface area contributed by atoms with E-state index in [0.717, 1.165) is 23.0 Å². The summed E-state index contributed by atoms with van der Waals surface area (Å²) in [6, 6.07) is 13.7. The molecule has 2 atom stereocenters. The molecular formula is C25H27Cl2N3O3. The van der Waals surface area contributed by atoms with Crippen LogP contribution in [0.15, 0.2) is 52.9 Å². The van der Waals surface area contributed by atoms with E-state index in [2.05, 4.69) is 5.32 Å². The lowest BCUT2D eigenvalue weighted by Gasteiger charge is -2.29. The number of fused-ring (bicyclic) bond motifs is 1. The van der Waals surface area contributed by atoms with Gasteiger partial charge < -0.3 is 19.5 Å². The van der Waals surface area contributed by atoms with Crippen LogP contribution in [0, 0.1) is 0 Å². The second kappa shape index (κ2) is 10.1. The standard InChI is InChI=1S/C25H27Cl2N3O3/c1-3-20(23-14-17-13-19(27)10-11-22(17)33-23)28-25(32)30-12-4-5-21(30)24(31)29(2)15-16-6-8-18(26)9-7-16/h6-11,13-14,20-21H,3-5,12,15H2,1-2H3,(H,28,32)/t20-,21+/m0/s1. The minimum Gasteiger partial charge on any atom is -0.459 e. The first-order valence-corrected chi connectivity index (χ1v) is 11.9. The molecular weight excluding hydrogens is 461 g/mol. The third-order valence-electron chi connectivity index (χ3n) is 6.05. The van der Waals surface area contributed by atoms with E-state index >= 15 is 0 Å². The number of furan rings is 1. The van der Waals surface area contributed by atoms with Crippen LogP contribution in [-0.2, 0) is 11.3 Å². The van der Waals surface area contributed by atoms with Crippen LogP contribution in [0.2, 0.25) is 10.0 Å². The number of halogens is 2. The molecule has 3 amide bonds. The van der Waals surface area contributed by atoms with Crippen molar-refractivity contribution in [2.45, 2.75) is 44.8 Å². The number of hydrogen-bond acceptors (Lipinski definition) is 3. The molecule has 0 aliphatic carbocycles. The number of rotatable bonds is 6. The van der Waals surface area contributed by atoms with Crippen molar-refractivity contribution in [2.24, 2.45) is 0 Å². The summed E-state index contributed by atoms with van der Waals surface area (Å²) in [6.07, 6.45) is 2.10. The average molecular weight is 488 g/mol. The molecule has 33 heavy (non-hydrogen) atoms. The Kier molecular flexibility index (Phi) is 7.15. The summed E-state index contributed by atoms with van der Waals surface area (Å²) >= 11 is 12.0. The molecule has 1 fully saturated rings. The Balaban J connectivity index is 1.43. The molecule has 1 aromatic heterocycles. The molecule has 1 aliphatic rings. The van der Waals surface area contributed by atoms with Crippen LogP contribution in [0.25, 0.3) is 11.0 Å². The fourth-order valence-corrected chi connectivity index (χ4v) is 4.58. The van der Waals surface area contributed by atoms with Gasteiger partial charge in [-0.1, -0.05) is 42.3 Å². The molecule has 0 spiro atoms. The molecule has 0 bridgehead atoms. The summed E-state index contributed by atoms with van der Waals surface area (Å²) < 4.78 is 5.95. The first-order valence-electron chi connectivity index (χ1n) is 11.1. The Morgan fingerprint density at radius 3 is 2.61 bits per heavy atom. The van der Waals surface area contributed by atoms with Gasteiger partial charge in [0.25, 0.3) is 0 Å². The summed E-state index contributed by atoms with van der Waals surface area (Å²) in [4.78, 5) is 29.6. The van der Waals surface area contributed by atoms with Crippen molar-refractivity contribution in [2.75, 3.05) is 13.6 Å². The smallest absolute Gasteiger partial charge is 0.318 e. The predicted molar refractivity (Wildman–Crippen MR) is 130 cm³/mol. The third kappa shape index (κ3) is 5.28. The zero-order chi connectivity index (χ0) is 23.5. The maximum Gasteiger partial charge on any atom is 0.318 e. The Bertz CT molecular complexity index is 1150. The zero-order valence-corrected chi connectivity index (χ0v) is 20.2. The van der Waals surface area contributed by atoms with Crippen LogP contribution in [0.4, 0.5) is 4.79 Å². The SMILES string of the molecule is CC[C@H](NC(=O)N1CCC[C@@H]1C(=O)N(C)Cc1ccc(Cl)cc1)c1cc2cc(Cl)ccc2o1. The topological polar surface area (TPSA) is 65.8 Å². The lowest BCUT2D eigenvalue weighted by molar-refractivity contribution is -0.134. The molecule has 2 heterocycles. The largest absolute Gasteiger partial charge is 0.459 e. The van der Waals surface area contributed by atoms with Gasteiger partial charge in [0.15, 0.2) is 0 Å². The molecule has 4 rings (SSSR count). The van der Waals surface area contributed by atoms with Crippen molar-refractivity contribution in [3.05, 3.63) is 69.9 Å². The average Bonchev–Trinajstić information content (AvgIpc) is 3.45. The van der Waals surface area contributed by atoms with E-state index < -0.39 is 6.04 Å². The van der Waals surface area contributed by atoms with Gasteiger partial charge in [-0.25, -0.2) is 4.79 Å². The summed E-state index contributed by atoms with van der Waals surface area (Å²) in [7, 11) is 1.76. The monoisotopic (exact) mass is 487 g/mol. The van der Waals surface area contributed by atoms with Crippen LogP contribution in [-0.4, -0.2) is 41.4 Å². The highest BCUT2D eigenvalue weighted by Gasteiger charge is 2.36. The molecule has 6 nitrogen and oxygen atoms in total. The van der Waals surface area contributed by atoms with Gasteiger partial charge in [0, 0.05) is 35.6 Å². The predicted octanol–water partition coefficient (Wildman–Crippen LogP) is 6.02. The van der Waals surface area contributed by atoms with Gasteiger partial charge in [0.05, 0.1) is 6.04 Å². The van der Waals surface area contributed by atoms with Crippen molar-refractivity contribution < 1.29 is 14.0 Å². The van der Waals surface area contributed by atoms with E-state index in [1.165, 1.54) is 0 Å². The summed E-state index contributed by atoms with van der Waals surface area (Å²) in [5.41, 5.74) is 1.71. The lowest BCUT2D eigenvalue weighted by atomic mass is 10.1. The Hall–Kier alpha value is -2.70. The van der Waals surface area contributed by atoms with Crippen LogP contribution in [0.5, 0.6) is 0 Å². The number of nitrogens with one attached hydrogen (secondary N) is 1. The van der Waals surface area contributed by atoms with E-state index in [4.69, 9.17) is 27.6 Å². The number of nitrogens with zero attached hydrogens (tertiary/aromatic N) is 2. The quantitative estimate of drug-likeness (QED) is 0.461. The second-order valence-corrected chi connectivity index (χ2v) is 9.29. The zero-order valence-electron chi connectivity index (χ0n) is 18.7. The highest BCUT2D eigenvalue weighted by atomic mass is 35.5. The Morgan fingerprint density at radius 2 is 1.88 bits per heavy atom. The van der Waals surface area contributed by atoms with E-state index in [1.54, 1.807) is 35.0 Å². The molecule has 3 aromatic rings. The number of carbonyl (C=O) groups excluding carboxylic acids is 2. The fraction of sp³-hybridized carbons (Fsp3) is 0.360.